The van der Waals surface area contributed by atoms with Crippen LogP contribution >= 0.6 is 0 Å². The van der Waals surface area contributed by atoms with E-state index in [2.05, 4.69) is 6.58 Å². The SMILES string of the molecule is C=C1[C@H](O)CC[C@]1(C)c1ccc(C)cc1O. The minimum atomic E-state index is -0.439. The van der Waals surface area contributed by atoms with Gasteiger partial charge in [-0.1, -0.05) is 25.6 Å². The van der Waals surface area contributed by atoms with Crippen LogP contribution in [-0.4, -0.2) is 16.3 Å². The number of hydrogen-bond acceptors (Lipinski definition) is 2. The predicted molar refractivity (Wildman–Crippen MR) is 64.6 cm³/mol. The van der Waals surface area contributed by atoms with Crippen LogP contribution in [0.5, 0.6) is 5.75 Å². The van der Waals surface area contributed by atoms with Crippen molar-refractivity contribution in [1.29, 1.82) is 0 Å². The van der Waals surface area contributed by atoms with Gasteiger partial charge in [0, 0.05) is 11.0 Å². The summed E-state index contributed by atoms with van der Waals surface area (Å²) >= 11 is 0. The average molecular weight is 218 g/mol. The molecule has 2 N–H and O–H groups in total. The van der Waals surface area contributed by atoms with Crippen LogP contribution in [0.4, 0.5) is 0 Å². The summed E-state index contributed by atoms with van der Waals surface area (Å²) in [7, 11) is 0. The summed E-state index contributed by atoms with van der Waals surface area (Å²) in [5.41, 5.74) is 2.43. The van der Waals surface area contributed by atoms with Gasteiger partial charge in [-0.2, -0.15) is 0 Å². The maximum atomic E-state index is 10.00. The Morgan fingerprint density at radius 1 is 1.44 bits per heavy atom. The third-order valence-electron chi connectivity index (χ3n) is 3.78. The van der Waals surface area contributed by atoms with Crippen LogP contribution in [0.2, 0.25) is 0 Å². The first-order valence-electron chi connectivity index (χ1n) is 5.62. The first-order valence-corrected chi connectivity index (χ1v) is 5.62. The van der Waals surface area contributed by atoms with E-state index in [1.54, 1.807) is 6.07 Å². The minimum absolute atomic E-state index is 0.294. The molecule has 0 heterocycles. The molecule has 2 heteroatoms. The molecule has 1 aliphatic rings. The Hall–Kier alpha value is -1.28. The van der Waals surface area contributed by atoms with E-state index in [0.717, 1.165) is 29.5 Å². The van der Waals surface area contributed by atoms with Crippen molar-refractivity contribution in [2.24, 2.45) is 0 Å². The number of rotatable bonds is 1. The van der Waals surface area contributed by atoms with Gasteiger partial charge in [-0.05, 0) is 37.0 Å². The molecule has 2 rings (SSSR count). The monoisotopic (exact) mass is 218 g/mol. The molecule has 16 heavy (non-hydrogen) atoms. The van der Waals surface area contributed by atoms with Crippen LogP contribution in [0.25, 0.3) is 0 Å². The molecule has 2 atom stereocenters. The minimum Gasteiger partial charge on any atom is -0.508 e. The fourth-order valence-electron chi connectivity index (χ4n) is 2.54. The number of phenolic OH excluding ortho intramolecular Hbond substituents is 1. The Labute approximate surface area is 96.2 Å². The van der Waals surface area contributed by atoms with Gasteiger partial charge in [0.05, 0.1) is 6.10 Å². The van der Waals surface area contributed by atoms with Gasteiger partial charge in [-0.3, -0.25) is 0 Å². The average Bonchev–Trinajstić information content (AvgIpc) is 2.47. The van der Waals surface area contributed by atoms with Crippen molar-refractivity contribution in [3.05, 3.63) is 41.5 Å². The Morgan fingerprint density at radius 2 is 2.12 bits per heavy atom. The van der Waals surface area contributed by atoms with E-state index in [-0.39, 0.29) is 5.41 Å². The fourth-order valence-corrected chi connectivity index (χ4v) is 2.54. The summed E-state index contributed by atoms with van der Waals surface area (Å²) in [6.45, 7) is 7.95. The van der Waals surface area contributed by atoms with Crippen LogP contribution in [-0.2, 0) is 5.41 Å². The smallest absolute Gasteiger partial charge is 0.119 e. The topological polar surface area (TPSA) is 40.5 Å². The molecule has 0 bridgehead atoms. The molecular weight excluding hydrogens is 200 g/mol. The lowest BCUT2D eigenvalue weighted by Gasteiger charge is -2.27. The second kappa shape index (κ2) is 3.63. The summed E-state index contributed by atoms with van der Waals surface area (Å²) in [6.07, 6.45) is 1.12. The number of aryl methyl sites for hydroxylation is 1. The Bertz CT molecular complexity index is 436. The molecule has 2 nitrogen and oxygen atoms in total. The first kappa shape index (κ1) is 11.2. The summed E-state index contributed by atoms with van der Waals surface area (Å²) in [5, 5.41) is 19.8. The van der Waals surface area contributed by atoms with Gasteiger partial charge in [-0.15, -0.1) is 0 Å². The van der Waals surface area contributed by atoms with E-state index in [9.17, 15) is 10.2 Å². The fraction of sp³-hybridized carbons (Fsp3) is 0.429. The largest absolute Gasteiger partial charge is 0.508 e. The van der Waals surface area contributed by atoms with E-state index in [1.165, 1.54) is 0 Å². The molecule has 0 radical (unpaired) electrons. The van der Waals surface area contributed by atoms with Gasteiger partial charge in [0.1, 0.15) is 5.75 Å². The third-order valence-corrected chi connectivity index (χ3v) is 3.78. The van der Waals surface area contributed by atoms with Crippen molar-refractivity contribution in [2.45, 2.75) is 38.2 Å². The quantitative estimate of drug-likeness (QED) is 0.711. The van der Waals surface area contributed by atoms with Gasteiger partial charge in [0.15, 0.2) is 0 Å². The number of benzene rings is 1. The number of aliphatic hydroxyl groups is 1. The van der Waals surface area contributed by atoms with Crippen molar-refractivity contribution in [1.82, 2.24) is 0 Å². The molecule has 1 fully saturated rings. The van der Waals surface area contributed by atoms with Crippen LogP contribution in [0.3, 0.4) is 0 Å². The van der Waals surface area contributed by atoms with Gasteiger partial charge < -0.3 is 10.2 Å². The van der Waals surface area contributed by atoms with Gasteiger partial charge in [-0.25, -0.2) is 0 Å². The molecule has 0 saturated heterocycles. The number of phenols is 1. The Balaban J connectivity index is 2.48. The van der Waals surface area contributed by atoms with Crippen LogP contribution in [0.15, 0.2) is 30.4 Å². The third kappa shape index (κ3) is 1.54. The molecule has 0 aromatic heterocycles. The second-order valence-electron chi connectivity index (χ2n) is 4.93. The van der Waals surface area contributed by atoms with E-state index >= 15 is 0 Å². The zero-order chi connectivity index (χ0) is 11.9. The summed E-state index contributed by atoms with van der Waals surface area (Å²) in [5.74, 6) is 0.303. The number of aliphatic hydroxyl groups excluding tert-OH is 1. The lowest BCUT2D eigenvalue weighted by atomic mass is 9.77. The van der Waals surface area contributed by atoms with Crippen LogP contribution < -0.4 is 0 Å². The molecule has 1 aromatic carbocycles. The Kier molecular flexibility index (Phi) is 2.55. The van der Waals surface area contributed by atoms with E-state index < -0.39 is 6.10 Å². The van der Waals surface area contributed by atoms with E-state index in [4.69, 9.17) is 0 Å². The summed E-state index contributed by atoms with van der Waals surface area (Å²) < 4.78 is 0. The highest BCUT2D eigenvalue weighted by molar-refractivity contribution is 5.47. The molecule has 0 amide bonds. The van der Waals surface area contributed by atoms with Crippen molar-refractivity contribution in [2.75, 3.05) is 0 Å². The predicted octanol–water partition coefficient (Wildman–Crippen LogP) is 2.67. The van der Waals surface area contributed by atoms with Gasteiger partial charge in [0.2, 0.25) is 0 Å². The summed E-state index contributed by atoms with van der Waals surface area (Å²) in [6, 6.07) is 5.69. The zero-order valence-electron chi connectivity index (χ0n) is 9.83. The molecule has 0 aliphatic heterocycles. The molecule has 86 valence electrons. The van der Waals surface area contributed by atoms with Gasteiger partial charge in [0.25, 0.3) is 0 Å². The standard InChI is InChI=1S/C14H18O2/c1-9-4-5-11(13(16)8-9)14(3)7-6-12(15)10(14)2/h4-5,8,12,15-16H,2,6-7H2,1,3H3/t12-,14+/m1/s1. The van der Waals surface area contributed by atoms with E-state index in [0.29, 0.717) is 5.75 Å². The number of aromatic hydroxyl groups is 1. The van der Waals surface area contributed by atoms with E-state index in [1.807, 2.05) is 26.0 Å². The lowest BCUT2D eigenvalue weighted by Crippen LogP contribution is -2.22. The highest BCUT2D eigenvalue weighted by atomic mass is 16.3. The normalized spacial score (nSPS) is 29.7. The molecule has 0 unspecified atom stereocenters. The van der Waals surface area contributed by atoms with Crippen LogP contribution in [0, 0.1) is 6.92 Å². The molecule has 1 aliphatic carbocycles. The Morgan fingerprint density at radius 3 is 2.62 bits per heavy atom. The lowest BCUT2D eigenvalue weighted by molar-refractivity contribution is 0.217. The first-order chi connectivity index (χ1) is 7.45. The molecule has 1 aromatic rings. The zero-order valence-corrected chi connectivity index (χ0v) is 9.83. The molecular formula is C14H18O2. The van der Waals surface area contributed by atoms with Crippen molar-refractivity contribution < 1.29 is 10.2 Å². The van der Waals surface area contributed by atoms with Crippen molar-refractivity contribution >= 4 is 0 Å². The summed E-state index contributed by atoms with van der Waals surface area (Å²) in [4.78, 5) is 0. The molecule has 1 saturated carbocycles. The van der Waals surface area contributed by atoms with Crippen molar-refractivity contribution in [3.8, 4) is 5.75 Å². The number of hydrogen-bond donors (Lipinski definition) is 2. The maximum Gasteiger partial charge on any atom is 0.119 e. The van der Waals surface area contributed by atoms with Gasteiger partial charge >= 0.3 is 0 Å². The second-order valence-corrected chi connectivity index (χ2v) is 4.93. The highest BCUT2D eigenvalue weighted by Crippen LogP contribution is 2.47. The van der Waals surface area contributed by atoms with Crippen LogP contribution in [0.1, 0.15) is 30.9 Å². The molecule has 0 spiro atoms. The van der Waals surface area contributed by atoms with Crippen molar-refractivity contribution in [3.63, 3.8) is 0 Å². The maximum absolute atomic E-state index is 10.00. The highest BCUT2D eigenvalue weighted by Gasteiger charge is 2.40.